The Morgan fingerprint density at radius 3 is 2.95 bits per heavy atom. The van der Waals surface area contributed by atoms with Crippen LogP contribution in [0.25, 0.3) is 0 Å². The smallest absolute Gasteiger partial charge is 0.0414 e. The van der Waals surface area contributed by atoms with Gasteiger partial charge in [0.1, 0.15) is 0 Å². The van der Waals surface area contributed by atoms with E-state index in [0.29, 0.717) is 0 Å². The molecule has 1 unspecified atom stereocenters. The molecule has 2 aromatic rings. The number of benzene rings is 1. The molecule has 0 radical (unpaired) electrons. The number of pyridine rings is 1. The Bertz CT molecular complexity index is 553. The minimum atomic E-state index is 0.176. The molecule has 1 aliphatic rings. The lowest BCUT2D eigenvalue weighted by molar-refractivity contribution is 0.626. The molecular weight excluding hydrogens is 246 g/mol. The molecule has 2 N–H and O–H groups in total. The van der Waals surface area contributed by atoms with Crippen LogP contribution in [0, 0.1) is 0 Å². The zero-order chi connectivity index (χ0) is 13.8. The molecule has 1 aromatic heterocycles. The van der Waals surface area contributed by atoms with E-state index in [4.69, 9.17) is 5.73 Å². The maximum Gasteiger partial charge on any atom is 0.0414 e. The molecule has 20 heavy (non-hydrogen) atoms. The van der Waals surface area contributed by atoms with Crippen molar-refractivity contribution >= 4 is 5.69 Å². The molecule has 0 amide bonds. The molecule has 0 bridgehead atoms. The van der Waals surface area contributed by atoms with Crippen LogP contribution in [-0.2, 0) is 6.42 Å². The van der Waals surface area contributed by atoms with Gasteiger partial charge >= 0.3 is 0 Å². The molecule has 3 heteroatoms. The largest absolute Gasteiger partial charge is 0.371 e. The van der Waals surface area contributed by atoms with Crippen LogP contribution in [-0.4, -0.2) is 18.1 Å². The van der Waals surface area contributed by atoms with Gasteiger partial charge in [0.25, 0.3) is 0 Å². The van der Waals surface area contributed by atoms with E-state index >= 15 is 0 Å². The molecule has 0 aliphatic carbocycles. The third-order valence-corrected chi connectivity index (χ3v) is 4.01. The summed E-state index contributed by atoms with van der Waals surface area (Å²) in [6, 6.07) is 12.9. The Morgan fingerprint density at radius 2 is 2.10 bits per heavy atom. The first kappa shape index (κ1) is 13.1. The lowest BCUT2D eigenvalue weighted by Gasteiger charge is -2.25. The molecule has 0 saturated heterocycles. The van der Waals surface area contributed by atoms with Crippen molar-refractivity contribution in [2.24, 2.45) is 5.73 Å². The summed E-state index contributed by atoms with van der Waals surface area (Å²) in [7, 11) is 0. The molecule has 0 saturated carbocycles. The molecule has 1 aromatic carbocycles. The Morgan fingerprint density at radius 1 is 1.20 bits per heavy atom. The second-order valence-electron chi connectivity index (χ2n) is 5.41. The van der Waals surface area contributed by atoms with Gasteiger partial charge in [-0.2, -0.15) is 0 Å². The third-order valence-electron chi connectivity index (χ3n) is 4.01. The fourth-order valence-electron chi connectivity index (χ4n) is 2.91. The number of aromatic nitrogens is 1. The predicted octanol–water partition coefficient (Wildman–Crippen LogP) is 2.92. The van der Waals surface area contributed by atoms with Crippen LogP contribution in [0.3, 0.4) is 0 Å². The zero-order valence-electron chi connectivity index (χ0n) is 11.7. The van der Waals surface area contributed by atoms with Gasteiger partial charge in [-0.05, 0) is 42.5 Å². The van der Waals surface area contributed by atoms with Gasteiger partial charge in [0, 0.05) is 37.2 Å². The summed E-state index contributed by atoms with van der Waals surface area (Å²) in [6.07, 6.45) is 7.03. The lowest BCUT2D eigenvalue weighted by Crippen LogP contribution is -2.26. The normalized spacial score (nSPS) is 18.4. The van der Waals surface area contributed by atoms with Crippen molar-refractivity contribution in [3.8, 4) is 0 Å². The number of rotatable bonds is 3. The Balaban J connectivity index is 1.77. The first-order chi connectivity index (χ1) is 9.84. The summed E-state index contributed by atoms with van der Waals surface area (Å²) in [5.74, 6) is 0. The molecule has 0 fully saturated rings. The van der Waals surface area contributed by atoms with Crippen LogP contribution in [0.2, 0.25) is 0 Å². The standard InChI is InChI=1S/C17H21N3/c18-16-7-4-11-20(17-8-2-1-6-15(16)17)12-9-14-5-3-10-19-13-14/h1-3,5-6,8,10,13,16H,4,7,9,11-12,18H2. The van der Waals surface area contributed by atoms with Crippen LogP contribution >= 0.6 is 0 Å². The quantitative estimate of drug-likeness (QED) is 0.929. The molecule has 0 spiro atoms. The summed E-state index contributed by atoms with van der Waals surface area (Å²) in [5, 5.41) is 0. The van der Waals surface area contributed by atoms with Crippen molar-refractivity contribution in [3.63, 3.8) is 0 Å². The first-order valence-corrected chi connectivity index (χ1v) is 7.33. The maximum atomic E-state index is 6.28. The number of hydrogen-bond acceptors (Lipinski definition) is 3. The van der Waals surface area contributed by atoms with Crippen LogP contribution in [0.5, 0.6) is 0 Å². The fraction of sp³-hybridized carbons (Fsp3) is 0.353. The Labute approximate surface area is 120 Å². The van der Waals surface area contributed by atoms with Crippen LogP contribution in [0.4, 0.5) is 5.69 Å². The highest BCUT2D eigenvalue weighted by atomic mass is 15.1. The summed E-state index contributed by atoms with van der Waals surface area (Å²) < 4.78 is 0. The van der Waals surface area contributed by atoms with Gasteiger partial charge in [0.05, 0.1) is 0 Å². The minimum Gasteiger partial charge on any atom is -0.371 e. The van der Waals surface area contributed by atoms with Crippen molar-refractivity contribution in [2.45, 2.75) is 25.3 Å². The van der Waals surface area contributed by atoms with Crippen LogP contribution in [0.1, 0.15) is 30.0 Å². The van der Waals surface area contributed by atoms with E-state index in [1.807, 2.05) is 18.5 Å². The van der Waals surface area contributed by atoms with Gasteiger partial charge in [-0.15, -0.1) is 0 Å². The van der Waals surface area contributed by atoms with Crippen molar-refractivity contribution in [3.05, 3.63) is 59.9 Å². The van der Waals surface area contributed by atoms with Crippen LogP contribution < -0.4 is 10.6 Å². The Hall–Kier alpha value is -1.87. The predicted molar refractivity (Wildman–Crippen MR) is 82.8 cm³/mol. The van der Waals surface area contributed by atoms with Crippen molar-refractivity contribution < 1.29 is 0 Å². The topological polar surface area (TPSA) is 42.1 Å². The molecular formula is C17H21N3. The molecule has 3 rings (SSSR count). The summed E-state index contributed by atoms with van der Waals surface area (Å²) in [6.45, 7) is 2.11. The fourth-order valence-corrected chi connectivity index (χ4v) is 2.91. The highest BCUT2D eigenvalue weighted by molar-refractivity contribution is 5.55. The van der Waals surface area contributed by atoms with Crippen LogP contribution in [0.15, 0.2) is 48.8 Å². The second-order valence-corrected chi connectivity index (χ2v) is 5.41. The van der Waals surface area contributed by atoms with E-state index in [-0.39, 0.29) is 6.04 Å². The SMILES string of the molecule is NC1CCCN(CCc2cccnc2)c2ccccc21. The summed E-state index contributed by atoms with van der Waals surface area (Å²) >= 11 is 0. The molecule has 2 heterocycles. The number of nitrogens with zero attached hydrogens (tertiary/aromatic N) is 2. The first-order valence-electron chi connectivity index (χ1n) is 7.33. The molecule has 1 aliphatic heterocycles. The van der Waals surface area contributed by atoms with Gasteiger partial charge in [0.15, 0.2) is 0 Å². The van der Waals surface area contributed by atoms with E-state index in [2.05, 4.69) is 40.2 Å². The third kappa shape index (κ3) is 2.83. The number of hydrogen-bond donors (Lipinski definition) is 1. The number of para-hydroxylation sites is 1. The summed E-state index contributed by atoms with van der Waals surface area (Å²) in [5.41, 5.74) is 10.2. The zero-order valence-corrected chi connectivity index (χ0v) is 11.7. The van der Waals surface area contributed by atoms with E-state index in [1.165, 1.54) is 16.8 Å². The average Bonchev–Trinajstić information content (AvgIpc) is 2.66. The van der Waals surface area contributed by atoms with Gasteiger partial charge in [0.2, 0.25) is 0 Å². The summed E-state index contributed by atoms with van der Waals surface area (Å²) in [4.78, 5) is 6.65. The van der Waals surface area contributed by atoms with E-state index in [1.54, 1.807) is 0 Å². The monoisotopic (exact) mass is 267 g/mol. The maximum absolute atomic E-state index is 6.28. The van der Waals surface area contributed by atoms with Crippen molar-refractivity contribution in [1.82, 2.24) is 4.98 Å². The molecule has 1 atom stereocenters. The van der Waals surface area contributed by atoms with Gasteiger partial charge < -0.3 is 10.6 Å². The van der Waals surface area contributed by atoms with Gasteiger partial charge in [-0.1, -0.05) is 24.3 Å². The van der Waals surface area contributed by atoms with E-state index < -0.39 is 0 Å². The van der Waals surface area contributed by atoms with Gasteiger partial charge in [-0.25, -0.2) is 0 Å². The van der Waals surface area contributed by atoms with E-state index in [9.17, 15) is 0 Å². The molecule has 104 valence electrons. The number of fused-ring (bicyclic) bond motifs is 1. The minimum absolute atomic E-state index is 0.176. The van der Waals surface area contributed by atoms with Crippen molar-refractivity contribution in [2.75, 3.05) is 18.0 Å². The highest BCUT2D eigenvalue weighted by Crippen LogP contribution is 2.31. The Kier molecular flexibility index (Phi) is 3.97. The van der Waals surface area contributed by atoms with Crippen molar-refractivity contribution in [1.29, 1.82) is 0 Å². The second kappa shape index (κ2) is 6.06. The lowest BCUT2D eigenvalue weighted by atomic mass is 10.0. The van der Waals surface area contributed by atoms with Gasteiger partial charge in [-0.3, -0.25) is 4.98 Å². The van der Waals surface area contributed by atoms with E-state index in [0.717, 1.165) is 32.4 Å². The average molecular weight is 267 g/mol. The number of nitrogens with two attached hydrogens (primary N) is 1. The molecule has 3 nitrogen and oxygen atoms in total. The number of anilines is 1. The highest BCUT2D eigenvalue weighted by Gasteiger charge is 2.19.